The van der Waals surface area contributed by atoms with Crippen molar-refractivity contribution in [3.05, 3.63) is 71.4 Å². The van der Waals surface area contributed by atoms with Crippen LogP contribution in [0.3, 0.4) is 0 Å². The van der Waals surface area contributed by atoms with Crippen LogP contribution in [-0.2, 0) is 16.1 Å². The van der Waals surface area contributed by atoms with Gasteiger partial charge in [-0.05, 0) is 74.9 Å². The summed E-state index contributed by atoms with van der Waals surface area (Å²) in [5.41, 5.74) is 3.08. The lowest BCUT2D eigenvalue weighted by Gasteiger charge is -2.35. The summed E-state index contributed by atoms with van der Waals surface area (Å²) in [5.74, 6) is 1.08. The summed E-state index contributed by atoms with van der Waals surface area (Å²) in [5, 5.41) is 4.16. The average Bonchev–Trinajstić information content (AvgIpc) is 3.27. The smallest absolute Gasteiger partial charge is 0.306 e. The van der Waals surface area contributed by atoms with Gasteiger partial charge < -0.3 is 9.26 Å². The summed E-state index contributed by atoms with van der Waals surface area (Å²) in [7, 11) is 0. The highest BCUT2D eigenvalue weighted by atomic mass is 19.1. The number of halogens is 1. The Bertz CT molecular complexity index is 1060. The van der Waals surface area contributed by atoms with Gasteiger partial charge in [0, 0.05) is 5.56 Å². The molecule has 174 valence electrons. The van der Waals surface area contributed by atoms with E-state index in [1.165, 1.54) is 12.1 Å². The van der Waals surface area contributed by atoms with Crippen molar-refractivity contribution in [3.8, 4) is 11.4 Å². The summed E-state index contributed by atoms with van der Waals surface area (Å²) in [6.07, 6.45) is 2.17. The van der Waals surface area contributed by atoms with Crippen LogP contribution in [0, 0.1) is 18.7 Å². The number of piperidine rings is 1. The molecule has 4 rings (SSSR count). The Morgan fingerprint density at radius 3 is 2.61 bits per heavy atom. The van der Waals surface area contributed by atoms with E-state index in [-0.39, 0.29) is 17.7 Å². The van der Waals surface area contributed by atoms with Crippen LogP contribution in [0.25, 0.3) is 11.4 Å². The first-order valence-electron chi connectivity index (χ1n) is 11.6. The number of rotatable bonds is 8. The van der Waals surface area contributed by atoms with Gasteiger partial charge in [-0.1, -0.05) is 41.6 Å². The van der Waals surface area contributed by atoms with Crippen LogP contribution in [0.15, 0.2) is 53.1 Å². The molecule has 1 aliphatic heterocycles. The van der Waals surface area contributed by atoms with Crippen LogP contribution in [0.5, 0.6) is 0 Å². The van der Waals surface area contributed by atoms with Crippen LogP contribution in [-0.4, -0.2) is 40.7 Å². The van der Waals surface area contributed by atoms with E-state index in [0.29, 0.717) is 37.2 Å². The topological polar surface area (TPSA) is 68.5 Å². The maximum atomic E-state index is 13.4. The molecule has 2 aromatic carbocycles. The van der Waals surface area contributed by atoms with E-state index in [0.717, 1.165) is 42.6 Å². The Kier molecular flexibility index (Phi) is 7.50. The predicted molar refractivity (Wildman–Crippen MR) is 123 cm³/mol. The van der Waals surface area contributed by atoms with Gasteiger partial charge in [0.05, 0.1) is 19.6 Å². The van der Waals surface area contributed by atoms with Crippen LogP contribution in [0.4, 0.5) is 4.39 Å². The zero-order valence-corrected chi connectivity index (χ0v) is 19.2. The molecule has 3 aromatic rings. The van der Waals surface area contributed by atoms with Gasteiger partial charge in [-0.25, -0.2) is 4.39 Å². The lowest BCUT2D eigenvalue weighted by Crippen LogP contribution is -2.35. The van der Waals surface area contributed by atoms with E-state index >= 15 is 0 Å². The Hall–Kier alpha value is -3.06. The van der Waals surface area contributed by atoms with E-state index in [4.69, 9.17) is 9.26 Å². The maximum absolute atomic E-state index is 13.4. The maximum Gasteiger partial charge on any atom is 0.306 e. The van der Waals surface area contributed by atoms with Crippen molar-refractivity contribution >= 4 is 5.97 Å². The van der Waals surface area contributed by atoms with Gasteiger partial charge in [0.2, 0.25) is 11.7 Å². The molecule has 7 heteroatoms. The minimum absolute atomic E-state index is 0.0165. The fourth-order valence-corrected chi connectivity index (χ4v) is 4.62. The number of likely N-dealkylation sites (tertiary alicyclic amines) is 1. The molecule has 0 radical (unpaired) electrons. The van der Waals surface area contributed by atoms with Gasteiger partial charge in [0.25, 0.3) is 0 Å². The van der Waals surface area contributed by atoms with E-state index < -0.39 is 0 Å². The first-order chi connectivity index (χ1) is 16.0. The van der Waals surface area contributed by atoms with Gasteiger partial charge in [-0.2, -0.15) is 4.98 Å². The quantitative estimate of drug-likeness (QED) is 0.442. The van der Waals surface area contributed by atoms with Gasteiger partial charge in [0.15, 0.2) is 0 Å². The monoisotopic (exact) mass is 451 g/mol. The number of benzene rings is 2. The van der Waals surface area contributed by atoms with Crippen molar-refractivity contribution in [3.63, 3.8) is 0 Å². The van der Waals surface area contributed by atoms with Gasteiger partial charge >= 0.3 is 5.97 Å². The zero-order chi connectivity index (χ0) is 23.2. The summed E-state index contributed by atoms with van der Waals surface area (Å²) >= 11 is 0. The van der Waals surface area contributed by atoms with Crippen LogP contribution in [0.1, 0.15) is 49.1 Å². The Morgan fingerprint density at radius 2 is 1.91 bits per heavy atom. The number of aromatic nitrogens is 2. The second kappa shape index (κ2) is 10.7. The normalized spacial score (nSPS) is 16.0. The molecule has 0 aliphatic carbocycles. The summed E-state index contributed by atoms with van der Waals surface area (Å²) in [4.78, 5) is 19.1. The van der Waals surface area contributed by atoms with E-state index in [2.05, 4.69) is 15.0 Å². The molecule has 0 bridgehead atoms. The fraction of sp³-hybridized carbons (Fsp3) is 0.423. The predicted octanol–water partition coefficient (Wildman–Crippen LogP) is 5.13. The number of esters is 1. The highest BCUT2D eigenvalue weighted by Crippen LogP contribution is 2.36. The molecule has 6 nitrogen and oxygen atoms in total. The Morgan fingerprint density at radius 1 is 1.18 bits per heavy atom. The molecule has 0 spiro atoms. The largest absolute Gasteiger partial charge is 0.466 e. The van der Waals surface area contributed by atoms with Crippen molar-refractivity contribution in [2.24, 2.45) is 5.92 Å². The molecule has 0 unspecified atom stereocenters. The molecular formula is C26H30FN3O3. The third kappa shape index (κ3) is 5.85. The Balaban J connectivity index is 1.38. The van der Waals surface area contributed by atoms with Crippen LogP contribution in [0.2, 0.25) is 0 Å². The summed E-state index contributed by atoms with van der Waals surface area (Å²) < 4.78 is 24.2. The first-order valence-corrected chi connectivity index (χ1v) is 11.6. The number of hydrogen-bond acceptors (Lipinski definition) is 6. The van der Waals surface area contributed by atoms with Crippen molar-refractivity contribution in [2.75, 3.05) is 19.7 Å². The van der Waals surface area contributed by atoms with Crippen molar-refractivity contribution in [1.82, 2.24) is 15.0 Å². The molecular weight excluding hydrogens is 421 g/mol. The van der Waals surface area contributed by atoms with Gasteiger partial charge in [-0.3, -0.25) is 9.69 Å². The lowest BCUT2D eigenvalue weighted by atomic mass is 9.78. The molecule has 1 aromatic heterocycles. The Labute approximate surface area is 193 Å². The molecule has 1 atom stereocenters. The third-order valence-electron chi connectivity index (χ3n) is 6.40. The van der Waals surface area contributed by atoms with Gasteiger partial charge in [-0.15, -0.1) is 0 Å². The highest BCUT2D eigenvalue weighted by Gasteiger charge is 2.30. The van der Waals surface area contributed by atoms with E-state index in [9.17, 15) is 9.18 Å². The molecule has 1 fully saturated rings. The minimum Gasteiger partial charge on any atom is -0.466 e. The first kappa shape index (κ1) is 23.1. The third-order valence-corrected chi connectivity index (χ3v) is 6.40. The van der Waals surface area contributed by atoms with Crippen molar-refractivity contribution < 1.29 is 18.4 Å². The lowest BCUT2D eigenvalue weighted by molar-refractivity contribution is -0.144. The number of ether oxygens (including phenoxy) is 1. The zero-order valence-electron chi connectivity index (χ0n) is 19.2. The number of nitrogens with zero attached hydrogens (tertiary/aromatic N) is 3. The highest BCUT2D eigenvalue weighted by molar-refractivity contribution is 5.70. The van der Waals surface area contributed by atoms with E-state index in [1.807, 2.05) is 38.1 Å². The molecule has 33 heavy (non-hydrogen) atoms. The number of aryl methyl sites for hydroxylation is 1. The molecule has 0 N–H and O–H groups in total. The van der Waals surface area contributed by atoms with Crippen molar-refractivity contribution in [1.29, 1.82) is 0 Å². The van der Waals surface area contributed by atoms with Crippen LogP contribution < -0.4 is 0 Å². The number of carbonyl (C=O) groups is 1. The SMILES string of the molecule is CCOC(=O)C[C@@H](c1ccc(F)cc1)C1CCN(Cc2nc(-c3ccccc3C)no2)CC1. The van der Waals surface area contributed by atoms with Gasteiger partial charge in [0.1, 0.15) is 5.82 Å². The summed E-state index contributed by atoms with van der Waals surface area (Å²) in [6.45, 7) is 6.54. The molecule has 1 aliphatic rings. The second-order valence-electron chi connectivity index (χ2n) is 8.61. The molecule has 1 saturated heterocycles. The van der Waals surface area contributed by atoms with E-state index in [1.54, 1.807) is 12.1 Å². The van der Waals surface area contributed by atoms with Crippen molar-refractivity contribution in [2.45, 2.75) is 45.6 Å². The molecule has 2 heterocycles. The van der Waals surface area contributed by atoms with Crippen LogP contribution >= 0.6 is 0 Å². The molecule has 0 saturated carbocycles. The fourth-order valence-electron chi connectivity index (χ4n) is 4.62. The minimum atomic E-state index is -0.270. The number of carbonyl (C=O) groups excluding carboxylic acids is 1. The molecule has 0 amide bonds. The standard InChI is InChI=1S/C26H30FN3O3/c1-3-32-25(31)16-23(19-8-10-21(27)11-9-19)20-12-14-30(15-13-20)17-24-28-26(29-33-24)22-7-5-4-6-18(22)2/h4-11,20,23H,3,12-17H2,1-2H3/t23-/m0/s1. The number of hydrogen-bond donors (Lipinski definition) is 0. The average molecular weight is 452 g/mol. The second-order valence-corrected chi connectivity index (χ2v) is 8.61. The summed E-state index contributed by atoms with van der Waals surface area (Å²) in [6, 6.07) is 14.5.